The summed E-state index contributed by atoms with van der Waals surface area (Å²) in [4.78, 5) is 14.1. The Labute approximate surface area is 122 Å². The smallest absolute Gasteiger partial charge is 0.226 e. The van der Waals surface area contributed by atoms with Gasteiger partial charge in [0, 0.05) is 25.9 Å². The number of phenols is 2. The molecule has 0 radical (unpaired) electrons. The number of hydrogen-bond acceptors (Lipinski definition) is 5. The molecule has 3 rings (SSSR count). The third kappa shape index (κ3) is 2.96. The first-order valence-electron chi connectivity index (χ1n) is 7.15. The number of likely N-dealkylation sites (tertiary alicyclic amines) is 1. The first-order chi connectivity index (χ1) is 10.1. The summed E-state index contributed by atoms with van der Waals surface area (Å²) in [6, 6.07) is 4.45. The van der Waals surface area contributed by atoms with Crippen molar-refractivity contribution in [2.75, 3.05) is 26.3 Å². The molecule has 2 saturated heterocycles. The first-order valence-corrected chi connectivity index (χ1v) is 7.15. The van der Waals surface area contributed by atoms with E-state index in [0.29, 0.717) is 44.7 Å². The molecule has 1 spiro atoms. The van der Waals surface area contributed by atoms with E-state index < -0.39 is 5.79 Å². The van der Waals surface area contributed by atoms with Gasteiger partial charge in [0.15, 0.2) is 17.3 Å². The lowest BCUT2D eigenvalue weighted by Crippen LogP contribution is -2.47. The fourth-order valence-electron chi connectivity index (χ4n) is 2.85. The van der Waals surface area contributed by atoms with Crippen LogP contribution in [0.3, 0.4) is 0 Å². The summed E-state index contributed by atoms with van der Waals surface area (Å²) in [5.74, 6) is -0.853. The lowest BCUT2D eigenvalue weighted by molar-refractivity contribution is -0.187. The van der Waals surface area contributed by atoms with Gasteiger partial charge in [-0.3, -0.25) is 4.79 Å². The molecule has 2 heterocycles. The predicted octanol–water partition coefficient (Wildman–Crippen LogP) is 1.01. The van der Waals surface area contributed by atoms with Gasteiger partial charge >= 0.3 is 0 Å². The average Bonchev–Trinajstić information content (AvgIpc) is 2.92. The summed E-state index contributed by atoms with van der Waals surface area (Å²) >= 11 is 0. The van der Waals surface area contributed by atoms with Crippen molar-refractivity contribution in [3.8, 4) is 11.5 Å². The summed E-state index contributed by atoms with van der Waals surface area (Å²) in [7, 11) is 0. The van der Waals surface area contributed by atoms with Crippen LogP contribution in [-0.2, 0) is 20.7 Å². The molecule has 0 saturated carbocycles. The number of nitrogens with zero attached hydrogens (tertiary/aromatic N) is 1. The molecule has 2 N–H and O–H groups in total. The second-order valence-electron chi connectivity index (χ2n) is 5.49. The van der Waals surface area contributed by atoms with Crippen molar-refractivity contribution >= 4 is 5.91 Å². The standard InChI is InChI=1S/C15H19NO5/c17-12-2-1-11(9-13(12)18)10-14(19)16-5-3-15(4-6-16)20-7-8-21-15/h1-2,9,17-18H,3-8,10H2. The van der Waals surface area contributed by atoms with Crippen molar-refractivity contribution in [3.63, 3.8) is 0 Å². The quantitative estimate of drug-likeness (QED) is 0.795. The van der Waals surface area contributed by atoms with E-state index in [1.807, 2.05) is 0 Å². The zero-order chi connectivity index (χ0) is 14.9. The lowest BCUT2D eigenvalue weighted by Gasteiger charge is -2.37. The third-order valence-corrected chi connectivity index (χ3v) is 4.09. The molecule has 1 aromatic rings. The van der Waals surface area contributed by atoms with Gasteiger partial charge in [0.05, 0.1) is 19.6 Å². The number of piperidine rings is 1. The molecule has 6 heteroatoms. The molecule has 0 unspecified atom stereocenters. The summed E-state index contributed by atoms with van der Waals surface area (Å²) < 4.78 is 11.3. The van der Waals surface area contributed by atoms with Crippen LogP contribution in [0.1, 0.15) is 18.4 Å². The van der Waals surface area contributed by atoms with Crippen molar-refractivity contribution < 1.29 is 24.5 Å². The maximum absolute atomic E-state index is 12.3. The van der Waals surface area contributed by atoms with Gasteiger partial charge in [0.2, 0.25) is 5.91 Å². The van der Waals surface area contributed by atoms with Crippen LogP contribution in [0.5, 0.6) is 11.5 Å². The highest BCUT2D eigenvalue weighted by Gasteiger charge is 2.40. The van der Waals surface area contributed by atoms with Gasteiger partial charge in [-0.1, -0.05) is 6.07 Å². The first kappa shape index (κ1) is 14.2. The fourth-order valence-corrected chi connectivity index (χ4v) is 2.85. The van der Waals surface area contributed by atoms with Crippen LogP contribution in [0.2, 0.25) is 0 Å². The second kappa shape index (κ2) is 5.54. The molecule has 2 fully saturated rings. The van der Waals surface area contributed by atoms with E-state index in [-0.39, 0.29) is 23.8 Å². The maximum atomic E-state index is 12.3. The Morgan fingerprint density at radius 2 is 1.81 bits per heavy atom. The average molecular weight is 293 g/mol. The number of carbonyl (C=O) groups is 1. The number of rotatable bonds is 2. The Hall–Kier alpha value is -1.79. The van der Waals surface area contributed by atoms with Crippen LogP contribution in [0.25, 0.3) is 0 Å². The monoisotopic (exact) mass is 293 g/mol. The van der Waals surface area contributed by atoms with E-state index in [9.17, 15) is 15.0 Å². The van der Waals surface area contributed by atoms with Gasteiger partial charge in [0.25, 0.3) is 0 Å². The minimum Gasteiger partial charge on any atom is -0.504 e. The van der Waals surface area contributed by atoms with Crippen molar-refractivity contribution in [3.05, 3.63) is 23.8 Å². The van der Waals surface area contributed by atoms with Crippen molar-refractivity contribution in [2.45, 2.75) is 25.0 Å². The van der Waals surface area contributed by atoms with Crippen LogP contribution < -0.4 is 0 Å². The van der Waals surface area contributed by atoms with Crippen molar-refractivity contribution in [2.24, 2.45) is 0 Å². The van der Waals surface area contributed by atoms with Gasteiger partial charge in [0.1, 0.15) is 0 Å². The number of carbonyl (C=O) groups excluding carboxylic acids is 1. The highest BCUT2D eigenvalue weighted by atomic mass is 16.7. The molecule has 6 nitrogen and oxygen atoms in total. The lowest BCUT2D eigenvalue weighted by atomic mass is 10.0. The number of aromatic hydroxyl groups is 2. The Morgan fingerprint density at radius 3 is 2.43 bits per heavy atom. The third-order valence-electron chi connectivity index (χ3n) is 4.09. The molecule has 0 bridgehead atoms. The van der Waals surface area contributed by atoms with E-state index >= 15 is 0 Å². The molecular weight excluding hydrogens is 274 g/mol. The van der Waals surface area contributed by atoms with E-state index in [2.05, 4.69) is 0 Å². The number of ether oxygens (including phenoxy) is 2. The largest absolute Gasteiger partial charge is 0.504 e. The molecule has 0 aliphatic carbocycles. The molecule has 21 heavy (non-hydrogen) atoms. The predicted molar refractivity (Wildman–Crippen MR) is 73.9 cm³/mol. The normalized spacial score (nSPS) is 20.9. The molecule has 1 amide bonds. The Kier molecular flexibility index (Phi) is 3.73. The maximum Gasteiger partial charge on any atom is 0.226 e. The molecule has 2 aliphatic heterocycles. The number of benzene rings is 1. The van der Waals surface area contributed by atoms with Crippen molar-refractivity contribution in [1.82, 2.24) is 4.90 Å². The van der Waals surface area contributed by atoms with Gasteiger partial charge in [-0.25, -0.2) is 0 Å². The van der Waals surface area contributed by atoms with Crippen LogP contribution in [0.4, 0.5) is 0 Å². The fraction of sp³-hybridized carbons (Fsp3) is 0.533. The summed E-state index contributed by atoms with van der Waals surface area (Å²) in [6.07, 6.45) is 1.60. The zero-order valence-corrected chi connectivity index (χ0v) is 11.7. The SMILES string of the molecule is O=C(Cc1ccc(O)c(O)c1)N1CCC2(CC1)OCCO2. The van der Waals surface area contributed by atoms with Gasteiger partial charge in [-0.05, 0) is 17.7 Å². The van der Waals surface area contributed by atoms with Crippen molar-refractivity contribution in [1.29, 1.82) is 0 Å². The highest BCUT2D eigenvalue weighted by Crippen LogP contribution is 2.31. The molecule has 0 atom stereocenters. The minimum atomic E-state index is -0.479. The van der Waals surface area contributed by atoms with Gasteiger partial charge < -0.3 is 24.6 Å². The number of amides is 1. The molecule has 1 aromatic carbocycles. The van der Waals surface area contributed by atoms with E-state index in [0.717, 1.165) is 0 Å². The Bertz CT molecular complexity index is 529. The Morgan fingerprint density at radius 1 is 1.14 bits per heavy atom. The van der Waals surface area contributed by atoms with Crippen LogP contribution >= 0.6 is 0 Å². The minimum absolute atomic E-state index is 0.00735. The van der Waals surface area contributed by atoms with E-state index in [1.54, 1.807) is 11.0 Å². The molecular formula is C15H19NO5. The molecule has 2 aliphatic rings. The summed E-state index contributed by atoms with van der Waals surface area (Å²) in [5.41, 5.74) is 0.684. The molecule has 0 aromatic heterocycles. The summed E-state index contributed by atoms with van der Waals surface area (Å²) in [6.45, 7) is 2.48. The highest BCUT2D eigenvalue weighted by molar-refractivity contribution is 5.79. The van der Waals surface area contributed by atoms with E-state index in [4.69, 9.17) is 9.47 Å². The van der Waals surface area contributed by atoms with Gasteiger partial charge in [-0.15, -0.1) is 0 Å². The van der Waals surface area contributed by atoms with Crippen LogP contribution in [-0.4, -0.2) is 53.1 Å². The zero-order valence-electron chi connectivity index (χ0n) is 11.7. The Balaban J connectivity index is 1.57. The number of phenolic OH excluding ortho intramolecular Hbond substituents is 2. The van der Waals surface area contributed by atoms with Crippen LogP contribution in [0, 0.1) is 0 Å². The number of hydrogen-bond donors (Lipinski definition) is 2. The molecule has 114 valence electrons. The topological polar surface area (TPSA) is 79.2 Å². The van der Waals surface area contributed by atoms with Crippen LogP contribution in [0.15, 0.2) is 18.2 Å². The summed E-state index contributed by atoms with van der Waals surface area (Å²) in [5, 5.41) is 18.7. The second-order valence-corrected chi connectivity index (χ2v) is 5.49. The van der Waals surface area contributed by atoms with E-state index in [1.165, 1.54) is 12.1 Å². The van der Waals surface area contributed by atoms with Gasteiger partial charge in [-0.2, -0.15) is 0 Å².